The molecule has 0 radical (unpaired) electrons. The van der Waals surface area contributed by atoms with Crippen LogP contribution in [0, 0.1) is 0 Å². The number of halogens is 1. The number of carboxylic acids is 1. The van der Waals surface area contributed by atoms with E-state index in [0.717, 1.165) is 5.56 Å². The topological polar surface area (TPSA) is 112 Å². The van der Waals surface area contributed by atoms with Crippen LogP contribution >= 0.6 is 12.4 Å². The molecule has 0 amide bonds. The highest BCUT2D eigenvalue weighted by atomic mass is 35.5. The second-order valence-corrected chi connectivity index (χ2v) is 6.80. The Morgan fingerprint density at radius 3 is 2.86 bits per heavy atom. The van der Waals surface area contributed by atoms with Gasteiger partial charge in [-0.15, -0.1) is 12.4 Å². The molecule has 0 unspecified atom stereocenters. The number of nitrogens with zero attached hydrogens (tertiary/aromatic N) is 1. The van der Waals surface area contributed by atoms with Gasteiger partial charge < -0.3 is 24.5 Å². The van der Waals surface area contributed by atoms with E-state index in [4.69, 9.17) is 9.39 Å². The van der Waals surface area contributed by atoms with Crippen molar-refractivity contribution in [1.29, 1.82) is 0 Å². The third-order valence-corrected chi connectivity index (χ3v) is 4.84. The van der Waals surface area contributed by atoms with Crippen molar-refractivity contribution in [3.8, 4) is 11.5 Å². The van der Waals surface area contributed by atoms with Gasteiger partial charge in [0.2, 0.25) is 0 Å². The van der Waals surface area contributed by atoms with E-state index >= 15 is 0 Å². The Balaban J connectivity index is 0.00000225. The van der Waals surface area contributed by atoms with E-state index in [-0.39, 0.29) is 41.1 Å². The molecule has 0 atom stereocenters. The number of rotatable bonds is 5. The van der Waals surface area contributed by atoms with Gasteiger partial charge in [0, 0.05) is 31.4 Å². The van der Waals surface area contributed by atoms with Crippen molar-refractivity contribution in [3.63, 3.8) is 0 Å². The fourth-order valence-electron chi connectivity index (χ4n) is 3.44. The quantitative estimate of drug-likeness (QED) is 0.639. The molecule has 2 aliphatic heterocycles. The second kappa shape index (κ2) is 8.26. The molecule has 10 heteroatoms. The molecule has 8 nitrogen and oxygen atoms in total. The zero-order chi connectivity index (χ0) is 19.0. The van der Waals surface area contributed by atoms with Gasteiger partial charge in [-0.05, 0) is 30.4 Å². The minimum absolute atomic E-state index is 0. The zero-order valence-corrected chi connectivity index (χ0v) is 15.8. The Morgan fingerprint density at radius 1 is 1.36 bits per heavy atom. The van der Waals surface area contributed by atoms with Crippen LogP contribution in [-0.4, -0.2) is 52.3 Å². The van der Waals surface area contributed by atoms with Crippen LogP contribution in [0.3, 0.4) is 0 Å². The van der Waals surface area contributed by atoms with Gasteiger partial charge in [0.15, 0.2) is 0 Å². The molecule has 3 N–H and O–H groups in total. The summed E-state index contributed by atoms with van der Waals surface area (Å²) in [6, 6.07) is 6.99. The van der Waals surface area contributed by atoms with Gasteiger partial charge in [-0.1, -0.05) is 12.1 Å². The Hall–Kier alpha value is -2.49. The van der Waals surface area contributed by atoms with Gasteiger partial charge in [0.25, 0.3) is 5.56 Å². The number of aromatic amines is 1. The number of nitrogens with one attached hydrogen (secondary N) is 1. The van der Waals surface area contributed by atoms with Gasteiger partial charge in [0.1, 0.15) is 23.2 Å². The summed E-state index contributed by atoms with van der Waals surface area (Å²) in [5.41, 5.74) is 1.27. The summed E-state index contributed by atoms with van der Waals surface area (Å²) in [6.07, 6.45) is 2.41. The molecule has 0 aliphatic carbocycles. The maximum absolute atomic E-state index is 11.7. The van der Waals surface area contributed by atoms with E-state index in [9.17, 15) is 19.7 Å². The van der Waals surface area contributed by atoms with Gasteiger partial charge >= 0.3 is 13.1 Å². The van der Waals surface area contributed by atoms with E-state index in [1.54, 1.807) is 30.5 Å². The predicted molar refractivity (Wildman–Crippen MR) is 105 cm³/mol. The van der Waals surface area contributed by atoms with Crippen molar-refractivity contribution >= 4 is 25.5 Å². The van der Waals surface area contributed by atoms with E-state index in [0.29, 0.717) is 37.9 Å². The van der Waals surface area contributed by atoms with Gasteiger partial charge in [0.05, 0.1) is 0 Å². The number of hydrogen-bond acceptors (Lipinski definition) is 6. The van der Waals surface area contributed by atoms with Crippen molar-refractivity contribution < 1.29 is 24.3 Å². The van der Waals surface area contributed by atoms with Crippen molar-refractivity contribution in [1.82, 2.24) is 9.88 Å². The molecule has 1 aromatic heterocycles. The molecule has 2 aromatic rings. The van der Waals surface area contributed by atoms with E-state index in [1.807, 2.05) is 4.90 Å². The van der Waals surface area contributed by atoms with Crippen molar-refractivity contribution in [2.45, 2.75) is 25.4 Å². The van der Waals surface area contributed by atoms with E-state index in [2.05, 4.69) is 4.98 Å². The lowest BCUT2D eigenvalue weighted by atomic mass is 9.78. The molecule has 148 valence electrons. The Morgan fingerprint density at radius 2 is 2.14 bits per heavy atom. The summed E-state index contributed by atoms with van der Waals surface area (Å²) < 4.78 is 11.2. The third-order valence-electron chi connectivity index (χ3n) is 4.84. The second-order valence-electron chi connectivity index (χ2n) is 6.80. The maximum atomic E-state index is 11.7. The number of hydrogen-bond donors (Lipinski definition) is 3. The highest BCUT2D eigenvalue weighted by Crippen LogP contribution is 2.37. The lowest BCUT2D eigenvalue weighted by Crippen LogP contribution is -2.53. The van der Waals surface area contributed by atoms with Crippen molar-refractivity contribution in [2.24, 2.45) is 0 Å². The van der Waals surface area contributed by atoms with Crippen molar-refractivity contribution in [3.05, 3.63) is 57.5 Å². The van der Waals surface area contributed by atoms with Crippen LogP contribution in [0.5, 0.6) is 11.5 Å². The molecule has 0 bridgehead atoms. The summed E-state index contributed by atoms with van der Waals surface area (Å²) in [6.45, 7) is 1.70. The van der Waals surface area contributed by atoms with Crippen LogP contribution in [0.4, 0.5) is 0 Å². The summed E-state index contributed by atoms with van der Waals surface area (Å²) in [5, 5.41) is 19.3. The lowest BCUT2D eigenvalue weighted by Gasteiger charge is -2.39. The zero-order valence-electron chi connectivity index (χ0n) is 15.0. The largest absolute Gasteiger partial charge is 0.535 e. The molecular formula is C18H20BClN2O6. The van der Waals surface area contributed by atoms with E-state index < -0.39 is 13.1 Å². The molecule has 1 aromatic carbocycles. The Bertz CT molecular complexity index is 931. The summed E-state index contributed by atoms with van der Waals surface area (Å²) in [4.78, 5) is 28.2. The van der Waals surface area contributed by atoms with Gasteiger partial charge in [-0.2, -0.15) is 0 Å². The number of aromatic carboxylic acids is 1. The number of aromatic nitrogens is 1. The minimum Gasteiger partial charge on any atom is -0.535 e. The van der Waals surface area contributed by atoms with Crippen LogP contribution in [0.15, 0.2) is 35.3 Å². The number of benzene rings is 1. The molecule has 1 fully saturated rings. The molecule has 3 heterocycles. The SMILES string of the molecule is Cl.O=C(O)c1c(OC2CN(Cc3ccc[nH]c3=O)C2)ccc2c1OB(O)CC2. The number of carboxylic acid groups (broad SMARTS) is 1. The number of pyridine rings is 1. The lowest BCUT2D eigenvalue weighted by molar-refractivity contribution is 0.0132. The Labute approximate surface area is 167 Å². The van der Waals surface area contributed by atoms with Crippen LogP contribution in [0.1, 0.15) is 21.5 Å². The first-order valence-electron chi connectivity index (χ1n) is 8.80. The highest BCUT2D eigenvalue weighted by molar-refractivity contribution is 6.44. The number of H-pyrrole nitrogens is 1. The normalized spacial score (nSPS) is 16.4. The third kappa shape index (κ3) is 4.01. The van der Waals surface area contributed by atoms with Crippen LogP contribution < -0.4 is 15.0 Å². The first-order chi connectivity index (χ1) is 13.0. The molecule has 0 spiro atoms. The summed E-state index contributed by atoms with van der Waals surface area (Å²) >= 11 is 0. The van der Waals surface area contributed by atoms with Crippen LogP contribution in [0.25, 0.3) is 0 Å². The fourth-order valence-corrected chi connectivity index (χ4v) is 3.44. The van der Waals surface area contributed by atoms with Crippen LogP contribution in [0.2, 0.25) is 6.32 Å². The number of likely N-dealkylation sites (tertiary alicyclic amines) is 1. The first kappa shape index (κ1) is 20.3. The average Bonchev–Trinajstić information content (AvgIpc) is 2.60. The molecule has 0 saturated carbocycles. The monoisotopic (exact) mass is 406 g/mol. The summed E-state index contributed by atoms with van der Waals surface area (Å²) in [5.74, 6) is -0.730. The predicted octanol–water partition coefficient (Wildman–Crippen LogP) is 1.17. The standard InChI is InChI=1S/C18H19BN2O6.ClH/c22-17-12(2-1-7-20-17)8-21-9-13(10-21)26-14-4-3-11-5-6-19(25)27-16(11)15(14)18(23)24;/h1-4,7,13,25H,5-6,8-10H2,(H,20,22)(H,23,24);1H. The minimum atomic E-state index is -1.15. The fraction of sp³-hybridized carbons (Fsp3) is 0.333. The summed E-state index contributed by atoms with van der Waals surface area (Å²) in [7, 11) is -1.01. The molecule has 2 aliphatic rings. The van der Waals surface area contributed by atoms with Crippen LogP contribution in [-0.2, 0) is 13.0 Å². The number of ether oxygens (including phenoxy) is 1. The van der Waals surface area contributed by atoms with Gasteiger partial charge in [-0.25, -0.2) is 4.79 Å². The molecule has 28 heavy (non-hydrogen) atoms. The Kier molecular flexibility index (Phi) is 5.97. The number of aryl methyl sites for hydroxylation is 1. The number of carbonyl (C=O) groups is 1. The molecule has 4 rings (SSSR count). The maximum Gasteiger partial charge on any atom is 0.522 e. The first-order valence-corrected chi connectivity index (χ1v) is 8.80. The van der Waals surface area contributed by atoms with Gasteiger partial charge in [-0.3, -0.25) is 9.69 Å². The van der Waals surface area contributed by atoms with E-state index in [1.165, 1.54) is 0 Å². The number of fused-ring (bicyclic) bond motifs is 1. The molecule has 1 saturated heterocycles. The average molecular weight is 407 g/mol. The van der Waals surface area contributed by atoms with Crippen molar-refractivity contribution in [2.75, 3.05) is 13.1 Å². The molecular weight excluding hydrogens is 386 g/mol. The highest BCUT2D eigenvalue weighted by Gasteiger charge is 2.33. The smallest absolute Gasteiger partial charge is 0.522 e.